The van der Waals surface area contributed by atoms with Gasteiger partial charge in [0.05, 0.1) is 15.6 Å². The fraction of sp³-hybridized carbons (Fsp3) is 0.333. The Labute approximate surface area is 189 Å². The lowest BCUT2D eigenvalue weighted by atomic mass is 10.1. The predicted molar refractivity (Wildman–Crippen MR) is 117 cm³/mol. The first-order valence-corrected chi connectivity index (χ1v) is 11.8. The number of fused-ring (bicyclic) bond motifs is 1. The van der Waals surface area contributed by atoms with Crippen LogP contribution < -0.4 is 15.4 Å². The van der Waals surface area contributed by atoms with Crippen LogP contribution in [0, 0.1) is 12.7 Å². The predicted octanol–water partition coefficient (Wildman–Crippen LogP) is 3.30. The molecule has 0 aromatic heterocycles. The Balaban J connectivity index is 1.62. The first-order chi connectivity index (χ1) is 15.1. The summed E-state index contributed by atoms with van der Waals surface area (Å²) in [4.78, 5) is 24.7. The molecule has 2 N–H and O–H groups in total. The standard InChI is InChI=1S/C21H21ClFN3O5S/c1-11-8-16-18(31-12(2)20(27)25-16)10-19(11)32(29,30)26-7-3-4-17(26)21(28)24-13-5-6-15(23)14(22)9-13/h5-6,8-10,12,17H,3-4,7H2,1-2H3,(H,24,28)(H,25,27). The van der Waals surface area contributed by atoms with E-state index in [1.807, 2.05) is 0 Å². The quantitative estimate of drug-likeness (QED) is 0.697. The number of sulfonamides is 1. The molecule has 2 unspecified atom stereocenters. The number of amides is 2. The van der Waals surface area contributed by atoms with Gasteiger partial charge in [-0.15, -0.1) is 0 Å². The summed E-state index contributed by atoms with van der Waals surface area (Å²) in [6.07, 6.45) is 0.0939. The van der Waals surface area contributed by atoms with Crippen LogP contribution in [-0.4, -0.2) is 43.2 Å². The van der Waals surface area contributed by atoms with Crippen molar-refractivity contribution in [1.82, 2.24) is 4.31 Å². The van der Waals surface area contributed by atoms with Crippen LogP contribution in [0.3, 0.4) is 0 Å². The van der Waals surface area contributed by atoms with Crippen LogP contribution in [0.25, 0.3) is 0 Å². The molecular weight excluding hydrogens is 461 g/mol. The molecule has 0 radical (unpaired) electrons. The fourth-order valence-electron chi connectivity index (χ4n) is 3.84. The van der Waals surface area contributed by atoms with E-state index in [9.17, 15) is 22.4 Å². The third kappa shape index (κ3) is 4.05. The first-order valence-electron chi connectivity index (χ1n) is 9.98. The number of hydrogen-bond acceptors (Lipinski definition) is 5. The summed E-state index contributed by atoms with van der Waals surface area (Å²) in [7, 11) is -4.04. The fourth-order valence-corrected chi connectivity index (χ4v) is 5.90. The molecule has 0 bridgehead atoms. The van der Waals surface area contributed by atoms with Gasteiger partial charge in [0.15, 0.2) is 6.10 Å². The van der Waals surface area contributed by atoms with Crippen LogP contribution in [0.1, 0.15) is 25.3 Å². The normalized spacial score (nSPS) is 20.9. The van der Waals surface area contributed by atoms with Crippen LogP contribution in [0.2, 0.25) is 5.02 Å². The SMILES string of the molecule is Cc1cc2c(cc1S(=O)(=O)N1CCCC1C(=O)Nc1ccc(F)c(Cl)c1)OC(C)C(=O)N2. The van der Waals surface area contributed by atoms with Crippen molar-refractivity contribution < 1.29 is 27.1 Å². The topological polar surface area (TPSA) is 105 Å². The van der Waals surface area contributed by atoms with E-state index in [0.717, 1.165) is 10.4 Å². The minimum Gasteiger partial charge on any atom is -0.479 e. The smallest absolute Gasteiger partial charge is 0.265 e. The van der Waals surface area contributed by atoms with E-state index in [2.05, 4.69) is 10.6 Å². The molecule has 2 atom stereocenters. The molecule has 2 aliphatic rings. The van der Waals surface area contributed by atoms with Crippen LogP contribution in [0.5, 0.6) is 5.75 Å². The van der Waals surface area contributed by atoms with Gasteiger partial charge in [0.2, 0.25) is 15.9 Å². The van der Waals surface area contributed by atoms with Crippen molar-refractivity contribution in [2.24, 2.45) is 0 Å². The number of anilines is 2. The van der Waals surface area contributed by atoms with Crippen molar-refractivity contribution in [2.75, 3.05) is 17.2 Å². The van der Waals surface area contributed by atoms with Crippen LogP contribution in [-0.2, 0) is 19.6 Å². The van der Waals surface area contributed by atoms with E-state index >= 15 is 0 Å². The molecule has 2 amide bonds. The molecule has 4 rings (SSSR count). The highest BCUT2D eigenvalue weighted by Gasteiger charge is 2.41. The van der Waals surface area contributed by atoms with Crippen LogP contribution >= 0.6 is 11.6 Å². The Morgan fingerprint density at radius 1 is 1.31 bits per heavy atom. The van der Waals surface area contributed by atoms with E-state index in [0.29, 0.717) is 24.1 Å². The zero-order valence-corrected chi connectivity index (χ0v) is 18.9. The van der Waals surface area contributed by atoms with Gasteiger partial charge in [-0.05, 0) is 56.5 Å². The Morgan fingerprint density at radius 3 is 2.78 bits per heavy atom. The molecule has 1 saturated heterocycles. The summed E-state index contributed by atoms with van der Waals surface area (Å²) in [5, 5.41) is 5.15. The molecule has 0 aliphatic carbocycles. The zero-order chi connectivity index (χ0) is 23.2. The molecule has 1 fully saturated rings. The van der Waals surface area contributed by atoms with Crippen molar-refractivity contribution >= 4 is 44.8 Å². The van der Waals surface area contributed by atoms with Gasteiger partial charge in [-0.25, -0.2) is 12.8 Å². The number of rotatable bonds is 4. The monoisotopic (exact) mass is 481 g/mol. The van der Waals surface area contributed by atoms with Gasteiger partial charge >= 0.3 is 0 Å². The van der Waals surface area contributed by atoms with Gasteiger partial charge in [-0.3, -0.25) is 9.59 Å². The van der Waals surface area contributed by atoms with Crippen molar-refractivity contribution in [3.05, 3.63) is 46.7 Å². The lowest BCUT2D eigenvalue weighted by Crippen LogP contribution is -2.43. The Hall–Kier alpha value is -2.69. The van der Waals surface area contributed by atoms with E-state index in [1.54, 1.807) is 13.8 Å². The van der Waals surface area contributed by atoms with Gasteiger partial charge < -0.3 is 15.4 Å². The number of carbonyl (C=O) groups excluding carboxylic acids is 2. The van der Waals surface area contributed by atoms with Gasteiger partial charge in [0.25, 0.3) is 5.91 Å². The van der Waals surface area contributed by atoms with E-state index in [1.165, 1.54) is 24.3 Å². The lowest BCUT2D eigenvalue weighted by Gasteiger charge is -2.27. The molecule has 170 valence electrons. The van der Waals surface area contributed by atoms with Gasteiger partial charge in [0, 0.05) is 18.3 Å². The number of aryl methyl sites for hydroxylation is 1. The molecule has 2 aromatic rings. The van der Waals surface area contributed by atoms with Crippen LogP contribution in [0.15, 0.2) is 35.2 Å². The molecule has 2 aromatic carbocycles. The number of hydrogen-bond donors (Lipinski definition) is 2. The summed E-state index contributed by atoms with van der Waals surface area (Å²) in [5.74, 6) is -1.21. The lowest BCUT2D eigenvalue weighted by molar-refractivity contribution is -0.122. The molecule has 2 aliphatic heterocycles. The largest absolute Gasteiger partial charge is 0.479 e. The van der Waals surface area contributed by atoms with Gasteiger partial charge in [-0.2, -0.15) is 4.31 Å². The molecule has 2 heterocycles. The van der Waals surface area contributed by atoms with Crippen molar-refractivity contribution in [1.29, 1.82) is 0 Å². The zero-order valence-electron chi connectivity index (χ0n) is 17.3. The summed E-state index contributed by atoms with van der Waals surface area (Å²) < 4.78 is 47.1. The molecule has 32 heavy (non-hydrogen) atoms. The maximum Gasteiger partial charge on any atom is 0.265 e. The summed E-state index contributed by atoms with van der Waals surface area (Å²) >= 11 is 5.76. The van der Waals surface area contributed by atoms with Crippen molar-refractivity contribution in [2.45, 2.75) is 43.7 Å². The van der Waals surface area contributed by atoms with Gasteiger partial charge in [-0.1, -0.05) is 11.6 Å². The van der Waals surface area contributed by atoms with E-state index in [4.69, 9.17) is 16.3 Å². The highest BCUT2D eigenvalue weighted by atomic mass is 35.5. The molecule has 0 saturated carbocycles. The van der Waals surface area contributed by atoms with Crippen molar-refractivity contribution in [3.8, 4) is 5.75 Å². The van der Waals surface area contributed by atoms with E-state index in [-0.39, 0.29) is 33.8 Å². The van der Waals surface area contributed by atoms with Gasteiger partial charge in [0.1, 0.15) is 17.6 Å². The average molecular weight is 482 g/mol. The highest BCUT2D eigenvalue weighted by molar-refractivity contribution is 7.89. The maximum atomic E-state index is 13.5. The molecular formula is C21H21ClFN3O5S. The average Bonchev–Trinajstić information content (AvgIpc) is 3.22. The van der Waals surface area contributed by atoms with Crippen LogP contribution in [0.4, 0.5) is 15.8 Å². The first kappa shape index (κ1) is 22.5. The number of nitrogens with one attached hydrogen (secondary N) is 2. The van der Waals surface area contributed by atoms with E-state index < -0.39 is 33.9 Å². The summed E-state index contributed by atoms with van der Waals surface area (Å²) in [6.45, 7) is 3.35. The second kappa shape index (κ2) is 8.34. The Kier molecular flexibility index (Phi) is 5.87. The second-order valence-electron chi connectivity index (χ2n) is 7.76. The third-order valence-electron chi connectivity index (χ3n) is 5.49. The number of nitrogens with zero attached hydrogens (tertiary/aromatic N) is 1. The number of benzene rings is 2. The molecule has 8 nitrogen and oxygen atoms in total. The second-order valence-corrected chi connectivity index (χ2v) is 10.0. The molecule has 0 spiro atoms. The van der Waals surface area contributed by atoms with Crippen molar-refractivity contribution in [3.63, 3.8) is 0 Å². The Morgan fingerprint density at radius 2 is 2.06 bits per heavy atom. The summed E-state index contributed by atoms with van der Waals surface area (Å²) in [5.41, 5.74) is 1.08. The number of carbonyl (C=O) groups is 2. The third-order valence-corrected chi connectivity index (χ3v) is 7.83. The molecule has 11 heteroatoms. The maximum absolute atomic E-state index is 13.5. The minimum absolute atomic E-state index is 0.00382. The number of ether oxygens (including phenoxy) is 1. The highest BCUT2D eigenvalue weighted by Crippen LogP contribution is 2.37. The Bertz CT molecular complexity index is 1220. The number of halogens is 2. The summed E-state index contributed by atoms with van der Waals surface area (Å²) in [6, 6.07) is 5.73. The minimum atomic E-state index is -4.04.